The summed E-state index contributed by atoms with van der Waals surface area (Å²) in [7, 11) is 0. The van der Waals surface area contributed by atoms with E-state index in [1.54, 1.807) is 105 Å². The Balaban J connectivity index is 1.68. The highest BCUT2D eigenvalue weighted by Gasteiger charge is 2.32. The van der Waals surface area contributed by atoms with Gasteiger partial charge in [0.1, 0.15) is 30.2 Å². The van der Waals surface area contributed by atoms with Gasteiger partial charge in [-0.2, -0.15) is 0 Å². The molecule has 3 rings (SSSR count). The maximum absolute atomic E-state index is 14.0. The van der Waals surface area contributed by atoms with E-state index < -0.39 is 96.5 Å². The summed E-state index contributed by atoms with van der Waals surface area (Å²) in [5.41, 5.74) is 7.55. The minimum atomic E-state index is -1.27. The van der Waals surface area contributed by atoms with E-state index in [9.17, 15) is 48.3 Å². The van der Waals surface area contributed by atoms with E-state index in [4.69, 9.17) is 5.73 Å². The lowest BCUT2D eigenvalue weighted by molar-refractivity contribution is -0.141. The molecular formula is C46H58N8O10. The van der Waals surface area contributed by atoms with Gasteiger partial charge in [-0.3, -0.25) is 38.4 Å². The van der Waals surface area contributed by atoms with Gasteiger partial charge in [0.2, 0.25) is 47.3 Å². The van der Waals surface area contributed by atoms with E-state index in [1.165, 1.54) is 0 Å². The number of hydrogen-bond acceptors (Lipinski definition) is 9. The van der Waals surface area contributed by atoms with Gasteiger partial charge >= 0.3 is 5.97 Å². The summed E-state index contributed by atoms with van der Waals surface area (Å²) in [5, 5.41) is 27.1. The number of carboxylic acids is 1. The highest BCUT2D eigenvalue weighted by Crippen LogP contribution is 2.11. The van der Waals surface area contributed by atoms with Crippen LogP contribution >= 0.6 is 0 Å². The second kappa shape index (κ2) is 26.2. The predicted octanol–water partition coefficient (Wildman–Crippen LogP) is 0.199. The molecule has 3 aromatic rings. The fourth-order valence-electron chi connectivity index (χ4n) is 6.32. The number of hydrogen-bond donors (Lipinski definition) is 9. The topological polar surface area (TPSA) is 284 Å². The van der Waals surface area contributed by atoms with Gasteiger partial charge in [-0.1, -0.05) is 119 Å². The third-order valence-electron chi connectivity index (χ3n) is 9.61. The SMILES string of the molecule is CC(C)CC(NC(=O)C(Cc1ccccc1)NC(=O)C(Cc1ccccc1)NC(=O)C=CC(=O)NCC(=O)NCC(=O)NC(Cc1ccccc1)C(=O)O)C(=O)NC(C(N)=O)C(C)C. The van der Waals surface area contributed by atoms with Crippen molar-refractivity contribution < 1.29 is 48.3 Å². The molecule has 64 heavy (non-hydrogen) atoms. The van der Waals surface area contributed by atoms with Crippen LogP contribution in [0.3, 0.4) is 0 Å². The van der Waals surface area contributed by atoms with Crippen molar-refractivity contribution in [3.8, 4) is 0 Å². The molecule has 3 aromatic carbocycles. The Morgan fingerprint density at radius 1 is 0.516 bits per heavy atom. The highest BCUT2D eigenvalue weighted by molar-refractivity contribution is 6.00. The van der Waals surface area contributed by atoms with Crippen molar-refractivity contribution in [1.82, 2.24) is 37.2 Å². The summed E-state index contributed by atoms with van der Waals surface area (Å²) < 4.78 is 0. The van der Waals surface area contributed by atoms with Crippen LogP contribution in [0.25, 0.3) is 0 Å². The molecule has 0 radical (unpaired) electrons. The van der Waals surface area contributed by atoms with E-state index >= 15 is 0 Å². The standard InChI is InChI=1S/C46H58N8O10/c1-28(2)22-33(45(62)54-41(29(3)4)42(47)59)52-44(61)35(24-31-16-10-6-11-17-31)53-43(60)34(23-30-14-8-5-9-15-30)50-38(56)21-20-37(55)48-26-39(57)49-27-40(58)51-36(46(63)64)25-32-18-12-7-13-19-32/h5-21,28-29,33-36,41H,22-27H2,1-4H3,(H2,47,59)(H,48,55)(H,49,57)(H,50,56)(H,51,58)(H,52,61)(H,53,60)(H,54,62)(H,63,64). The van der Waals surface area contributed by atoms with E-state index in [0.717, 1.165) is 12.2 Å². The zero-order valence-electron chi connectivity index (χ0n) is 36.3. The van der Waals surface area contributed by atoms with Crippen LogP contribution in [0.1, 0.15) is 50.8 Å². The summed E-state index contributed by atoms with van der Waals surface area (Å²) in [5.74, 6) is -7.70. The quantitative estimate of drug-likeness (QED) is 0.0522. The molecule has 0 fully saturated rings. The van der Waals surface area contributed by atoms with Crippen LogP contribution in [0.2, 0.25) is 0 Å². The summed E-state index contributed by atoms with van der Waals surface area (Å²) in [6.07, 6.45) is 1.90. The first-order valence-corrected chi connectivity index (χ1v) is 20.8. The van der Waals surface area contributed by atoms with Crippen LogP contribution in [0.5, 0.6) is 0 Å². The number of amides is 8. The van der Waals surface area contributed by atoms with Gasteiger partial charge in [0.05, 0.1) is 13.1 Å². The Labute approximate surface area is 372 Å². The van der Waals surface area contributed by atoms with Crippen LogP contribution in [0.4, 0.5) is 0 Å². The average Bonchev–Trinajstić information content (AvgIpc) is 3.25. The first kappa shape index (κ1) is 51.0. The number of aliphatic carboxylic acids is 1. The second-order valence-corrected chi connectivity index (χ2v) is 15.8. The first-order valence-electron chi connectivity index (χ1n) is 20.8. The highest BCUT2D eigenvalue weighted by atomic mass is 16.4. The molecule has 0 heterocycles. The van der Waals surface area contributed by atoms with Crippen LogP contribution in [0, 0.1) is 11.8 Å². The van der Waals surface area contributed by atoms with Gasteiger partial charge in [0.25, 0.3) is 0 Å². The molecule has 0 aromatic heterocycles. The first-order chi connectivity index (χ1) is 30.4. The number of carboxylic acid groups (broad SMARTS) is 1. The molecule has 0 saturated heterocycles. The number of nitrogens with one attached hydrogen (secondary N) is 7. The zero-order chi connectivity index (χ0) is 47.2. The lowest BCUT2D eigenvalue weighted by Gasteiger charge is -2.27. The Hall–Kier alpha value is -7.37. The lowest BCUT2D eigenvalue weighted by atomic mass is 9.99. The summed E-state index contributed by atoms with van der Waals surface area (Å²) in [4.78, 5) is 116. The number of carbonyl (C=O) groups is 9. The summed E-state index contributed by atoms with van der Waals surface area (Å²) in [6.45, 7) is 6.00. The smallest absolute Gasteiger partial charge is 0.326 e. The minimum absolute atomic E-state index is 0.00573. The van der Waals surface area contributed by atoms with Crippen molar-refractivity contribution in [2.75, 3.05) is 13.1 Å². The Morgan fingerprint density at radius 3 is 1.39 bits per heavy atom. The Kier molecular flexibility index (Phi) is 20.9. The molecule has 5 unspecified atom stereocenters. The van der Waals surface area contributed by atoms with Gasteiger partial charge in [0.15, 0.2) is 0 Å². The predicted molar refractivity (Wildman–Crippen MR) is 236 cm³/mol. The largest absolute Gasteiger partial charge is 0.480 e. The van der Waals surface area contributed by atoms with Crippen molar-refractivity contribution >= 4 is 53.2 Å². The fourth-order valence-corrected chi connectivity index (χ4v) is 6.32. The molecule has 0 saturated carbocycles. The van der Waals surface area contributed by atoms with Crippen molar-refractivity contribution in [2.45, 2.75) is 83.6 Å². The molecule has 18 nitrogen and oxygen atoms in total. The molecule has 8 amide bonds. The molecule has 18 heteroatoms. The van der Waals surface area contributed by atoms with E-state index in [-0.39, 0.29) is 37.5 Å². The summed E-state index contributed by atoms with van der Waals surface area (Å²) >= 11 is 0. The van der Waals surface area contributed by atoms with E-state index in [0.29, 0.717) is 16.7 Å². The van der Waals surface area contributed by atoms with Crippen molar-refractivity contribution in [2.24, 2.45) is 17.6 Å². The van der Waals surface area contributed by atoms with Gasteiger partial charge in [-0.05, 0) is 34.9 Å². The van der Waals surface area contributed by atoms with Gasteiger partial charge in [0, 0.05) is 31.4 Å². The average molecular weight is 883 g/mol. The normalized spacial score (nSPS) is 13.3. The molecule has 0 bridgehead atoms. The van der Waals surface area contributed by atoms with Crippen molar-refractivity contribution in [1.29, 1.82) is 0 Å². The molecule has 0 aliphatic rings. The van der Waals surface area contributed by atoms with Crippen LogP contribution in [-0.4, -0.2) is 102 Å². The monoisotopic (exact) mass is 882 g/mol. The number of primary amides is 1. The fraction of sp³-hybridized carbons (Fsp3) is 0.370. The summed E-state index contributed by atoms with van der Waals surface area (Å²) in [6, 6.07) is 20.4. The lowest BCUT2D eigenvalue weighted by Crippen LogP contribution is -2.59. The second-order valence-electron chi connectivity index (χ2n) is 15.8. The molecule has 5 atom stereocenters. The van der Waals surface area contributed by atoms with Gasteiger partial charge in [-0.25, -0.2) is 4.79 Å². The molecule has 10 N–H and O–H groups in total. The molecule has 0 spiro atoms. The number of carbonyl (C=O) groups excluding carboxylic acids is 8. The Bertz CT molecular complexity index is 2100. The Morgan fingerprint density at radius 2 is 0.938 bits per heavy atom. The van der Waals surface area contributed by atoms with E-state index in [1.807, 2.05) is 13.8 Å². The van der Waals surface area contributed by atoms with Crippen LogP contribution in [0.15, 0.2) is 103 Å². The van der Waals surface area contributed by atoms with Crippen molar-refractivity contribution in [3.05, 3.63) is 120 Å². The number of nitrogens with two attached hydrogens (primary N) is 1. The number of rotatable bonds is 25. The van der Waals surface area contributed by atoms with Crippen LogP contribution in [-0.2, 0) is 62.4 Å². The van der Waals surface area contributed by atoms with Crippen LogP contribution < -0.4 is 43.0 Å². The third-order valence-corrected chi connectivity index (χ3v) is 9.61. The molecule has 0 aliphatic carbocycles. The van der Waals surface area contributed by atoms with Gasteiger partial charge in [-0.15, -0.1) is 0 Å². The van der Waals surface area contributed by atoms with E-state index in [2.05, 4.69) is 37.2 Å². The molecular weight excluding hydrogens is 825 g/mol. The molecule has 0 aliphatic heterocycles. The minimum Gasteiger partial charge on any atom is -0.480 e. The van der Waals surface area contributed by atoms with Gasteiger partial charge < -0.3 is 48.1 Å². The number of benzene rings is 3. The molecule has 342 valence electrons. The zero-order valence-corrected chi connectivity index (χ0v) is 36.3. The maximum Gasteiger partial charge on any atom is 0.326 e. The third kappa shape index (κ3) is 18.7. The maximum atomic E-state index is 14.0. The van der Waals surface area contributed by atoms with Crippen molar-refractivity contribution in [3.63, 3.8) is 0 Å².